The van der Waals surface area contributed by atoms with E-state index < -0.39 is 37.3 Å². The van der Waals surface area contributed by atoms with Gasteiger partial charge >= 0.3 is 108 Å². The Kier molecular flexibility index (Phi) is 6.67. The Morgan fingerprint density at radius 1 is 1.53 bits per heavy atom. The number of hydrogen-bond donors (Lipinski definition) is 2. The van der Waals surface area contributed by atoms with Crippen molar-refractivity contribution in [1.29, 1.82) is 0 Å². The van der Waals surface area contributed by atoms with Crippen molar-refractivity contribution >= 4 is 31.8 Å². The minimum atomic E-state index is -0.997. The Bertz CT molecular complexity index is 241. The Morgan fingerprint density at radius 2 is 2.07 bits per heavy atom. The number of alkyl carbamates (subject to hydrolysis) is 1. The Morgan fingerprint density at radius 3 is 2.40 bits per heavy atom. The summed E-state index contributed by atoms with van der Waals surface area (Å²) in [6.45, 7) is 5.20. The quantitative estimate of drug-likeness (QED) is 0.576. The van der Waals surface area contributed by atoms with Crippen LogP contribution in [0.3, 0.4) is 0 Å². The molecule has 15 heavy (non-hydrogen) atoms. The van der Waals surface area contributed by atoms with E-state index in [1.807, 2.05) is 0 Å². The van der Waals surface area contributed by atoms with Gasteiger partial charge in [-0.25, -0.2) is 0 Å². The van der Waals surface area contributed by atoms with Gasteiger partial charge in [0, 0.05) is 0 Å². The fourth-order valence-electron chi connectivity index (χ4n) is 0.816. The van der Waals surface area contributed by atoms with E-state index in [0.717, 1.165) is 0 Å². The van der Waals surface area contributed by atoms with E-state index in [9.17, 15) is 9.59 Å². The fraction of sp³-hybridized carbons (Fsp3) is 0.750. The molecule has 0 rings (SSSR count). The molecule has 0 aliphatic carbocycles. The van der Waals surface area contributed by atoms with Gasteiger partial charge in [0.2, 0.25) is 0 Å². The van der Waals surface area contributed by atoms with Gasteiger partial charge in [-0.3, -0.25) is 0 Å². The average molecular weight is 380 g/mol. The molecular formula is C8H14INO4Zn. The maximum atomic E-state index is 11.3. The van der Waals surface area contributed by atoms with Crippen LogP contribution in [0.15, 0.2) is 0 Å². The van der Waals surface area contributed by atoms with Gasteiger partial charge in [0.05, 0.1) is 0 Å². The third-order valence-electron chi connectivity index (χ3n) is 1.39. The van der Waals surface area contributed by atoms with Gasteiger partial charge in [-0.1, -0.05) is 0 Å². The molecule has 0 aromatic heterocycles. The summed E-state index contributed by atoms with van der Waals surface area (Å²) in [6.07, 6.45) is -0.665. The fourth-order valence-corrected chi connectivity index (χ4v) is 5.33. The van der Waals surface area contributed by atoms with Crippen LogP contribution in [-0.4, -0.2) is 28.8 Å². The number of halogens is 1. The zero-order chi connectivity index (χ0) is 12.1. The van der Waals surface area contributed by atoms with E-state index in [0.29, 0.717) is 5.02 Å². The second-order valence-electron chi connectivity index (χ2n) is 4.01. The zero-order valence-electron chi connectivity index (χ0n) is 9.04. The molecule has 0 aliphatic rings. The number of rotatable bonds is 4. The van der Waals surface area contributed by atoms with Gasteiger partial charge < -0.3 is 0 Å². The summed E-state index contributed by atoms with van der Waals surface area (Å²) in [4.78, 5) is 22.0. The van der Waals surface area contributed by atoms with Gasteiger partial charge in [-0.15, -0.1) is 0 Å². The number of carbonyl (C=O) groups is 2. The first kappa shape index (κ1) is 15.1. The standard InChI is InChI=1S/C8H14NO4.HI.Zn/c1-5(6(10)11)9-7(12)13-8(2,3)4;;/h5H,1H2,2-4H3,(H,9,12)(H,10,11);1H;/q;;+1/p-1. The third-order valence-corrected chi connectivity index (χ3v) is 6.29. The van der Waals surface area contributed by atoms with Crippen molar-refractivity contribution in [2.24, 2.45) is 0 Å². The summed E-state index contributed by atoms with van der Waals surface area (Å²) in [5.41, 5.74) is -0.598. The molecular weight excluding hydrogens is 366 g/mol. The van der Waals surface area contributed by atoms with Crippen molar-refractivity contribution in [2.45, 2.75) is 37.4 Å². The molecule has 1 unspecified atom stereocenters. The number of amides is 1. The van der Waals surface area contributed by atoms with Crippen LogP contribution < -0.4 is 5.32 Å². The van der Waals surface area contributed by atoms with Crippen LogP contribution in [0.1, 0.15) is 20.8 Å². The average Bonchev–Trinajstić information content (AvgIpc) is 1.99. The molecule has 2 N–H and O–H groups in total. The van der Waals surface area contributed by atoms with Crippen LogP contribution in [0.5, 0.6) is 0 Å². The molecule has 1 amide bonds. The Labute approximate surface area is 107 Å². The molecule has 5 nitrogen and oxygen atoms in total. The van der Waals surface area contributed by atoms with Crippen LogP contribution >= 0.6 is 19.8 Å². The van der Waals surface area contributed by atoms with Crippen molar-refractivity contribution in [1.82, 2.24) is 5.32 Å². The number of carboxylic acid groups (broad SMARTS) is 1. The molecule has 7 heteroatoms. The summed E-state index contributed by atoms with van der Waals surface area (Å²) in [5, 5.41) is 11.7. The van der Waals surface area contributed by atoms with Crippen LogP contribution in [0, 0.1) is 0 Å². The second kappa shape index (κ2) is 6.63. The summed E-state index contributed by atoms with van der Waals surface area (Å²) in [7, 11) is 0. The van der Waals surface area contributed by atoms with Gasteiger partial charge in [0.1, 0.15) is 0 Å². The molecule has 0 aliphatic heterocycles. The van der Waals surface area contributed by atoms with E-state index in [4.69, 9.17) is 9.84 Å². The van der Waals surface area contributed by atoms with Gasteiger partial charge in [0.15, 0.2) is 0 Å². The molecule has 0 aromatic carbocycles. The number of nitrogens with one attached hydrogen (secondary N) is 1. The van der Waals surface area contributed by atoms with Crippen molar-refractivity contribution in [3.63, 3.8) is 0 Å². The van der Waals surface area contributed by atoms with Crippen molar-refractivity contribution in [2.75, 3.05) is 0 Å². The van der Waals surface area contributed by atoms with E-state index in [2.05, 4.69) is 25.1 Å². The number of hydrogen-bond acceptors (Lipinski definition) is 3. The van der Waals surface area contributed by atoms with E-state index >= 15 is 0 Å². The topological polar surface area (TPSA) is 75.6 Å². The predicted octanol–water partition coefficient (Wildman–Crippen LogP) is 1.82. The second-order valence-corrected chi connectivity index (χ2v) is 11.6. The molecule has 84 valence electrons. The molecule has 0 fully saturated rings. The first-order chi connectivity index (χ1) is 6.76. The molecule has 1 atom stereocenters. The summed E-state index contributed by atoms with van der Waals surface area (Å²) in [6, 6.07) is -0.795. The van der Waals surface area contributed by atoms with Crippen LogP contribution in [-0.2, 0) is 23.1 Å². The van der Waals surface area contributed by atoms with Crippen molar-refractivity contribution in [3.05, 3.63) is 0 Å². The number of carbonyl (C=O) groups excluding carboxylic acids is 1. The molecule has 0 radical (unpaired) electrons. The first-order valence-corrected chi connectivity index (χ1v) is 15.7. The first-order valence-electron chi connectivity index (χ1n) is 4.54. The third kappa shape index (κ3) is 7.96. The number of carboxylic acids is 1. The number of aliphatic carboxylic acids is 1. The minimum absolute atomic E-state index is 0.572. The molecule has 0 spiro atoms. The molecule has 0 aromatic rings. The number of ether oxygens (including phenoxy) is 1. The van der Waals surface area contributed by atoms with Crippen LogP contribution in [0.4, 0.5) is 4.79 Å². The van der Waals surface area contributed by atoms with Gasteiger partial charge in [-0.2, -0.15) is 0 Å². The van der Waals surface area contributed by atoms with E-state index in [1.165, 1.54) is 0 Å². The van der Waals surface area contributed by atoms with Crippen molar-refractivity contribution in [3.8, 4) is 0 Å². The Balaban J connectivity index is 4.18. The monoisotopic (exact) mass is 379 g/mol. The molecule has 0 heterocycles. The predicted molar refractivity (Wildman–Crippen MR) is 59.6 cm³/mol. The Hall–Kier alpha value is 0.0934. The molecule has 0 saturated carbocycles. The summed E-state index contributed by atoms with van der Waals surface area (Å²) >= 11 is 1.42. The summed E-state index contributed by atoms with van der Waals surface area (Å²) < 4.78 is 4.97. The van der Waals surface area contributed by atoms with Crippen LogP contribution in [0.2, 0.25) is 5.02 Å². The van der Waals surface area contributed by atoms with E-state index in [-0.39, 0.29) is 0 Å². The van der Waals surface area contributed by atoms with Crippen molar-refractivity contribution < 1.29 is 33.0 Å². The SMILES string of the molecule is CC(C)(C)OC(=O)NC([CH2][Zn][I])C(=O)O. The summed E-state index contributed by atoms with van der Waals surface area (Å²) in [5.74, 6) is -0.997. The van der Waals surface area contributed by atoms with Gasteiger partial charge in [-0.05, 0) is 0 Å². The molecule has 0 bridgehead atoms. The maximum absolute atomic E-state index is 11.3. The van der Waals surface area contributed by atoms with Crippen LogP contribution in [0.25, 0.3) is 0 Å². The zero-order valence-corrected chi connectivity index (χ0v) is 14.2. The molecule has 0 saturated heterocycles. The van der Waals surface area contributed by atoms with E-state index in [1.54, 1.807) is 20.8 Å². The van der Waals surface area contributed by atoms with Gasteiger partial charge in [0.25, 0.3) is 0 Å². The normalized spacial score (nSPS) is 12.5.